The second-order valence-corrected chi connectivity index (χ2v) is 6.53. The first-order valence-electron chi connectivity index (χ1n) is 8.81. The number of ether oxygens (including phenoxy) is 3. The predicted molar refractivity (Wildman–Crippen MR) is 99.0 cm³/mol. The topological polar surface area (TPSA) is 82.1 Å². The van der Waals surface area contributed by atoms with Crippen LogP contribution in [0.2, 0.25) is 0 Å². The molecule has 7 heteroatoms. The number of amides is 1. The van der Waals surface area contributed by atoms with Crippen molar-refractivity contribution in [1.82, 2.24) is 4.90 Å². The predicted octanol–water partition coefficient (Wildman–Crippen LogP) is 2.05. The molecule has 1 fully saturated rings. The molecule has 0 N–H and O–H groups in total. The molecule has 7 nitrogen and oxygen atoms in total. The minimum atomic E-state index is -0.874. The van der Waals surface area contributed by atoms with Crippen LogP contribution in [-0.4, -0.2) is 61.3 Å². The number of morpholine rings is 1. The van der Waals surface area contributed by atoms with E-state index in [-0.39, 0.29) is 18.1 Å². The summed E-state index contributed by atoms with van der Waals surface area (Å²) in [6.07, 6.45) is 1.84. The lowest BCUT2D eigenvalue weighted by Gasteiger charge is -2.36. The number of hydrogen-bond acceptors (Lipinski definition) is 6. The molecular formula is C20H25NO6. The van der Waals surface area contributed by atoms with Gasteiger partial charge >= 0.3 is 11.9 Å². The molecule has 1 aromatic carbocycles. The van der Waals surface area contributed by atoms with E-state index in [0.29, 0.717) is 18.7 Å². The number of rotatable bonds is 5. The van der Waals surface area contributed by atoms with Gasteiger partial charge in [0.2, 0.25) is 0 Å². The van der Waals surface area contributed by atoms with Gasteiger partial charge in [-0.2, -0.15) is 0 Å². The maximum absolute atomic E-state index is 12.5. The van der Waals surface area contributed by atoms with Gasteiger partial charge < -0.3 is 19.1 Å². The third-order valence-electron chi connectivity index (χ3n) is 4.12. The van der Waals surface area contributed by atoms with Crippen molar-refractivity contribution in [3.8, 4) is 0 Å². The van der Waals surface area contributed by atoms with Gasteiger partial charge in [0.25, 0.3) is 5.91 Å². The Labute approximate surface area is 158 Å². The van der Waals surface area contributed by atoms with Crippen molar-refractivity contribution in [2.45, 2.75) is 39.1 Å². The standard InChI is InChI=1S/C20H25NO6/c1-13-11-21(12-14(2)26-13)19(23)15(3)27-18(22)10-7-16-5-8-17(9-6-16)20(24)25-4/h5-10,13-15H,11-12H2,1-4H3/b10-7+. The second kappa shape index (κ2) is 9.32. The van der Waals surface area contributed by atoms with Crippen molar-refractivity contribution < 1.29 is 28.6 Å². The van der Waals surface area contributed by atoms with Gasteiger partial charge in [0.1, 0.15) is 0 Å². The van der Waals surface area contributed by atoms with E-state index < -0.39 is 18.0 Å². The highest BCUT2D eigenvalue weighted by molar-refractivity contribution is 5.91. The molecule has 3 unspecified atom stereocenters. The van der Waals surface area contributed by atoms with Gasteiger partial charge in [-0.3, -0.25) is 4.79 Å². The molecule has 27 heavy (non-hydrogen) atoms. The zero-order chi connectivity index (χ0) is 20.0. The summed E-state index contributed by atoms with van der Waals surface area (Å²) < 4.78 is 15.4. The van der Waals surface area contributed by atoms with Gasteiger partial charge in [-0.15, -0.1) is 0 Å². The van der Waals surface area contributed by atoms with E-state index in [9.17, 15) is 14.4 Å². The van der Waals surface area contributed by atoms with Gasteiger partial charge in [-0.1, -0.05) is 12.1 Å². The highest BCUT2D eigenvalue weighted by Crippen LogP contribution is 2.13. The normalized spacial score (nSPS) is 21.0. The van der Waals surface area contributed by atoms with Gasteiger partial charge in [-0.25, -0.2) is 9.59 Å². The summed E-state index contributed by atoms with van der Waals surface area (Å²) in [5, 5.41) is 0. The van der Waals surface area contributed by atoms with Crippen LogP contribution in [0.25, 0.3) is 6.08 Å². The molecule has 0 aromatic heterocycles. The van der Waals surface area contributed by atoms with Crippen LogP contribution >= 0.6 is 0 Å². The molecule has 3 atom stereocenters. The molecule has 1 aliphatic rings. The largest absolute Gasteiger partial charge is 0.465 e. The Kier molecular flexibility index (Phi) is 7.12. The summed E-state index contributed by atoms with van der Waals surface area (Å²) in [7, 11) is 1.31. The lowest BCUT2D eigenvalue weighted by Crippen LogP contribution is -2.51. The molecular weight excluding hydrogens is 350 g/mol. The molecule has 2 rings (SSSR count). The third kappa shape index (κ3) is 5.92. The fraction of sp³-hybridized carbons (Fsp3) is 0.450. The first-order chi connectivity index (χ1) is 12.8. The van der Waals surface area contributed by atoms with Gasteiger partial charge in [0, 0.05) is 19.2 Å². The van der Waals surface area contributed by atoms with E-state index in [0.717, 1.165) is 5.56 Å². The molecule has 0 radical (unpaired) electrons. The fourth-order valence-electron chi connectivity index (χ4n) is 2.89. The third-order valence-corrected chi connectivity index (χ3v) is 4.12. The average molecular weight is 375 g/mol. The van der Waals surface area contributed by atoms with Crippen LogP contribution in [0.5, 0.6) is 0 Å². The zero-order valence-corrected chi connectivity index (χ0v) is 16.0. The van der Waals surface area contributed by atoms with Crippen LogP contribution < -0.4 is 0 Å². The van der Waals surface area contributed by atoms with E-state index in [1.165, 1.54) is 13.2 Å². The summed E-state index contributed by atoms with van der Waals surface area (Å²) in [6.45, 7) is 6.33. The van der Waals surface area contributed by atoms with E-state index in [2.05, 4.69) is 4.74 Å². The van der Waals surface area contributed by atoms with Crippen molar-refractivity contribution >= 4 is 23.9 Å². The number of esters is 2. The summed E-state index contributed by atoms with van der Waals surface area (Å²) in [5.41, 5.74) is 1.14. The smallest absolute Gasteiger partial charge is 0.337 e. The van der Waals surface area contributed by atoms with Gasteiger partial charge in [-0.05, 0) is 44.5 Å². The Hall–Kier alpha value is -2.67. The van der Waals surface area contributed by atoms with E-state index in [1.807, 2.05) is 13.8 Å². The molecule has 0 saturated carbocycles. The minimum absolute atomic E-state index is 0.0477. The number of methoxy groups -OCH3 is 1. The van der Waals surface area contributed by atoms with Crippen LogP contribution in [0.15, 0.2) is 30.3 Å². The van der Waals surface area contributed by atoms with E-state index in [4.69, 9.17) is 9.47 Å². The highest BCUT2D eigenvalue weighted by Gasteiger charge is 2.30. The molecule has 1 saturated heterocycles. The summed E-state index contributed by atoms with van der Waals surface area (Å²) in [6, 6.07) is 6.57. The molecule has 1 amide bonds. The molecule has 0 bridgehead atoms. The Bertz CT molecular complexity index is 702. The minimum Gasteiger partial charge on any atom is -0.465 e. The van der Waals surface area contributed by atoms with Crippen LogP contribution in [0, 0.1) is 0 Å². The van der Waals surface area contributed by atoms with E-state index in [1.54, 1.807) is 42.2 Å². The monoisotopic (exact) mass is 375 g/mol. The van der Waals surface area contributed by atoms with Crippen molar-refractivity contribution in [3.63, 3.8) is 0 Å². The van der Waals surface area contributed by atoms with E-state index >= 15 is 0 Å². The van der Waals surface area contributed by atoms with Crippen molar-refractivity contribution in [2.24, 2.45) is 0 Å². The van der Waals surface area contributed by atoms with Crippen LogP contribution in [0.1, 0.15) is 36.7 Å². The van der Waals surface area contributed by atoms with Gasteiger partial charge in [0.15, 0.2) is 6.10 Å². The quantitative estimate of drug-likeness (QED) is 0.579. The van der Waals surface area contributed by atoms with Gasteiger partial charge in [0.05, 0.1) is 24.9 Å². The van der Waals surface area contributed by atoms with Crippen LogP contribution in [0.3, 0.4) is 0 Å². The van der Waals surface area contributed by atoms with Crippen molar-refractivity contribution in [1.29, 1.82) is 0 Å². The highest BCUT2D eigenvalue weighted by atomic mass is 16.5. The summed E-state index contributed by atoms with van der Waals surface area (Å²) in [4.78, 5) is 37.5. The van der Waals surface area contributed by atoms with Crippen molar-refractivity contribution in [2.75, 3.05) is 20.2 Å². The number of nitrogens with zero attached hydrogens (tertiary/aromatic N) is 1. The SMILES string of the molecule is COC(=O)c1ccc(/C=C/C(=O)OC(C)C(=O)N2CC(C)OC(C)C2)cc1. The number of carbonyl (C=O) groups excluding carboxylic acids is 3. The second-order valence-electron chi connectivity index (χ2n) is 6.53. The maximum atomic E-state index is 12.5. The summed E-state index contributed by atoms with van der Waals surface area (Å²) >= 11 is 0. The summed E-state index contributed by atoms with van der Waals surface area (Å²) in [5.74, 6) is -1.27. The number of hydrogen-bond donors (Lipinski definition) is 0. The maximum Gasteiger partial charge on any atom is 0.337 e. The first-order valence-corrected chi connectivity index (χ1v) is 8.81. The molecule has 0 aliphatic carbocycles. The molecule has 0 spiro atoms. The lowest BCUT2D eigenvalue weighted by atomic mass is 10.1. The average Bonchev–Trinajstić information content (AvgIpc) is 2.64. The first kappa shape index (κ1) is 20.6. The van der Waals surface area contributed by atoms with Crippen LogP contribution in [-0.2, 0) is 23.8 Å². The molecule has 1 heterocycles. The zero-order valence-electron chi connectivity index (χ0n) is 16.0. The fourth-order valence-corrected chi connectivity index (χ4v) is 2.89. The Morgan fingerprint density at radius 1 is 1.15 bits per heavy atom. The molecule has 1 aromatic rings. The Morgan fingerprint density at radius 2 is 1.74 bits per heavy atom. The number of benzene rings is 1. The Balaban J connectivity index is 1.89. The molecule has 1 aliphatic heterocycles. The van der Waals surface area contributed by atoms with Crippen LogP contribution in [0.4, 0.5) is 0 Å². The lowest BCUT2D eigenvalue weighted by molar-refractivity contribution is -0.161. The van der Waals surface area contributed by atoms with Crippen molar-refractivity contribution in [3.05, 3.63) is 41.5 Å². The number of carbonyl (C=O) groups is 3. The molecule has 146 valence electrons. The Morgan fingerprint density at radius 3 is 2.30 bits per heavy atom.